The smallest absolute Gasteiger partial charge is 0.232 e. The predicted molar refractivity (Wildman–Crippen MR) is 96.4 cm³/mol. The number of benzene rings is 1. The number of hydrogen-bond donors (Lipinski definition) is 1. The van der Waals surface area contributed by atoms with E-state index in [0.29, 0.717) is 24.4 Å². The summed E-state index contributed by atoms with van der Waals surface area (Å²) in [5, 5.41) is 2.84. The minimum atomic E-state index is -3.47. The summed E-state index contributed by atoms with van der Waals surface area (Å²) in [5.41, 5.74) is 0.479. The Balaban J connectivity index is 1.89. The number of carbonyl (C=O) groups is 1. The van der Waals surface area contributed by atoms with E-state index >= 15 is 0 Å². The maximum atomic E-state index is 12.1. The highest BCUT2D eigenvalue weighted by atomic mass is 32.2. The Kier molecular flexibility index (Phi) is 7.07. The molecule has 1 heterocycles. The van der Waals surface area contributed by atoms with E-state index in [4.69, 9.17) is 9.47 Å². The lowest BCUT2D eigenvalue weighted by Crippen LogP contribution is -2.34. The average molecular weight is 370 g/mol. The van der Waals surface area contributed by atoms with Gasteiger partial charge >= 0.3 is 0 Å². The number of amides is 1. The second-order valence-electron chi connectivity index (χ2n) is 6.05. The van der Waals surface area contributed by atoms with Gasteiger partial charge in [0.05, 0.1) is 25.2 Å². The Labute approximate surface area is 149 Å². The van der Waals surface area contributed by atoms with Crippen molar-refractivity contribution in [1.29, 1.82) is 0 Å². The second kappa shape index (κ2) is 9.05. The van der Waals surface area contributed by atoms with Crippen LogP contribution in [0.15, 0.2) is 24.3 Å². The van der Waals surface area contributed by atoms with Crippen molar-refractivity contribution in [2.45, 2.75) is 31.8 Å². The Hall–Kier alpha value is -1.80. The number of methoxy groups -OCH3 is 1. The molecule has 0 aromatic heterocycles. The molecule has 7 nitrogen and oxygen atoms in total. The lowest BCUT2D eigenvalue weighted by Gasteiger charge is -2.24. The first-order chi connectivity index (χ1) is 11.9. The quantitative estimate of drug-likeness (QED) is 0.713. The van der Waals surface area contributed by atoms with E-state index in [2.05, 4.69) is 5.32 Å². The first kappa shape index (κ1) is 19.5. The highest BCUT2D eigenvalue weighted by Gasteiger charge is 2.21. The lowest BCUT2D eigenvalue weighted by molar-refractivity contribution is -0.121. The lowest BCUT2D eigenvalue weighted by atomic mass is 10.2. The Morgan fingerprint density at radius 1 is 1.40 bits per heavy atom. The molecule has 1 N–H and O–H groups in total. The molecule has 1 atom stereocenters. The van der Waals surface area contributed by atoms with E-state index in [1.54, 1.807) is 24.3 Å². The molecule has 0 unspecified atom stereocenters. The van der Waals surface area contributed by atoms with Gasteiger partial charge in [0.25, 0.3) is 0 Å². The van der Waals surface area contributed by atoms with E-state index in [1.165, 1.54) is 11.4 Å². The standard InChI is InChI=1S/C17H26N2O5S/c1-23-16-9-4-3-8-15(16)19(25(2,21)22)11-5-10-17(20)18-13-14-7-6-12-24-14/h3-4,8-9,14H,5-7,10-13H2,1-2H3,(H,18,20)/t14-/m0/s1. The summed E-state index contributed by atoms with van der Waals surface area (Å²) in [6.07, 6.45) is 3.93. The highest BCUT2D eigenvalue weighted by Crippen LogP contribution is 2.29. The normalized spacial score (nSPS) is 17.3. The number of hydrogen-bond acceptors (Lipinski definition) is 5. The molecular weight excluding hydrogens is 344 g/mol. The molecule has 0 spiro atoms. The molecule has 1 aromatic rings. The van der Waals surface area contributed by atoms with Gasteiger partial charge in [-0.15, -0.1) is 0 Å². The number of ether oxygens (including phenoxy) is 2. The minimum Gasteiger partial charge on any atom is -0.495 e. The molecule has 0 radical (unpaired) electrons. The van der Waals surface area contributed by atoms with E-state index in [0.717, 1.165) is 25.7 Å². The SMILES string of the molecule is COc1ccccc1N(CCCC(=O)NC[C@@H]1CCCO1)S(C)(=O)=O. The minimum absolute atomic E-state index is 0.0935. The number of nitrogens with one attached hydrogen (secondary N) is 1. The summed E-state index contributed by atoms with van der Waals surface area (Å²) in [6.45, 7) is 1.48. The number of sulfonamides is 1. The Morgan fingerprint density at radius 3 is 2.80 bits per heavy atom. The summed E-state index contributed by atoms with van der Waals surface area (Å²) >= 11 is 0. The fourth-order valence-electron chi connectivity index (χ4n) is 2.81. The number of nitrogens with zero attached hydrogens (tertiary/aromatic N) is 1. The third kappa shape index (κ3) is 5.89. The molecule has 25 heavy (non-hydrogen) atoms. The summed E-state index contributed by atoms with van der Waals surface area (Å²) in [4.78, 5) is 11.9. The predicted octanol–water partition coefficient (Wildman–Crippen LogP) is 1.54. The van der Waals surface area contributed by atoms with E-state index in [9.17, 15) is 13.2 Å². The van der Waals surface area contributed by atoms with Crippen molar-refractivity contribution < 1.29 is 22.7 Å². The summed E-state index contributed by atoms with van der Waals surface area (Å²) in [6, 6.07) is 6.94. The van der Waals surface area contributed by atoms with Crippen LogP contribution >= 0.6 is 0 Å². The van der Waals surface area contributed by atoms with Crippen molar-refractivity contribution in [3.8, 4) is 5.75 Å². The highest BCUT2D eigenvalue weighted by molar-refractivity contribution is 7.92. The van der Waals surface area contributed by atoms with Crippen molar-refractivity contribution in [1.82, 2.24) is 5.32 Å². The van der Waals surface area contributed by atoms with Crippen molar-refractivity contribution in [2.75, 3.05) is 37.4 Å². The monoisotopic (exact) mass is 370 g/mol. The maximum Gasteiger partial charge on any atom is 0.232 e. The van der Waals surface area contributed by atoms with Crippen molar-refractivity contribution in [2.24, 2.45) is 0 Å². The van der Waals surface area contributed by atoms with Crippen molar-refractivity contribution in [3.63, 3.8) is 0 Å². The van der Waals surface area contributed by atoms with Crippen LogP contribution < -0.4 is 14.4 Å². The zero-order valence-corrected chi connectivity index (χ0v) is 15.5. The number of rotatable bonds is 9. The number of carbonyl (C=O) groups excluding carboxylic acids is 1. The van der Waals surface area contributed by atoms with Gasteiger partial charge < -0.3 is 14.8 Å². The Bertz CT molecular complexity index is 671. The molecule has 1 aliphatic rings. The maximum absolute atomic E-state index is 12.1. The number of para-hydroxylation sites is 2. The zero-order valence-electron chi connectivity index (χ0n) is 14.7. The number of anilines is 1. The van der Waals surface area contributed by atoms with Gasteiger partial charge in [0.15, 0.2) is 0 Å². The van der Waals surface area contributed by atoms with Crippen LogP contribution in [0.3, 0.4) is 0 Å². The third-order valence-electron chi connectivity index (χ3n) is 4.07. The largest absolute Gasteiger partial charge is 0.495 e. The van der Waals surface area contributed by atoms with E-state index < -0.39 is 10.0 Å². The molecule has 1 saturated heterocycles. The Morgan fingerprint density at radius 2 is 2.16 bits per heavy atom. The van der Waals surface area contributed by atoms with Crippen LogP contribution in [-0.4, -0.2) is 53.5 Å². The topological polar surface area (TPSA) is 84.9 Å². The van der Waals surface area contributed by atoms with Gasteiger partial charge in [0, 0.05) is 26.1 Å². The molecule has 1 aromatic carbocycles. The van der Waals surface area contributed by atoms with Crippen LogP contribution in [0.2, 0.25) is 0 Å². The zero-order chi connectivity index (χ0) is 18.3. The van der Waals surface area contributed by atoms with Crippen molar-refractivity contribution in [3.05, 3.63) is 24.3 Å². The van der Waals surface area contributed by atoms with Gasteiger partial charge in [-0.1, -0.05) is 12.1 Å². The molecular formula is C17H26N2O5S. The fourth-order valence-corrected chi connectivity index (χ4v) is 3.77. The van der Waals surface area contributed by atoms with Crippen LogP contribution in [0.1, 0.15) is 25.7 Å². The molecule has 8 heteroatoms. The molecule has 0 aliphatic carbocycles. The summed E-state index contributed by atoms with van der Waals surface area (Å²) in [5.74, 6) is 0.389. The molecule has 0 bridgehead atoms. The molecule has 1 amide bonds. The van der Waals surface area contributed by atoms with Crippen LogP contribution in [0.5, 0.6) is 5.75 Å². The van der Waals surface area contributed by atoms with E-state index in [1.807, 2.05) is 0 Å². The first-order valence-electron chi connectivity index (χ1n) is 8.41. The molecule has 0 saturated carbocycles. The summed E-state index contributed by atoms with van der Waals surface area (Å²) < 4.78 is 36.2. The van der Waals surface area contributed by atoms with E-state index in [-0.39, 0.29) is 25.0 Å². The summed E-state index contributed by atoms with van der Waals surface area (Å²) in [7, 11) is -1.97. The van der Waals surface area contributed by atoms with Crippen LogP contribution in [0.4, 0.5) is 5.69 Å². The first-order valence-corrected chi connectivity index (χ1v) is 10.3. The van der Waals surface area contributed by atoms with Gasteiger partial charge in [-0.25, -0.2) is 8.42 Å². The second-order valence-corrected chi connectivity index (χ2v) is 7.96. The van der Waals surface area contributed by atoms with Gasteiger partial charge in [0.2, 0.25) is 15.9 Å². The van der Waals surface area contributed by atoms with Gasteiger partial charge in [-0.05, 0) is 31.4 Å². The molecule has 2 rings (SSSR count). The van der Waals surface area contributed by atoms with Crippen LogP contribution in [-0.2, 0) is 19.6 Å². The average Bonchev–Trinajstić information content (AvgIpc) is 3.09. The van der Waals surface area contributed by atoms with Crippen LogP contribution in [0.25, 0.3) is 0 Å². The van der Waals surface area contributed by atoms with Gasteiger partial charge in [-0.2, -0.15) is 0 Å². The van der Waals surface area contributed by atoms with Gasteiger partial charge in [0.1, 0.15) is 5.75 Å². The molecule has 140 valence electrons. The molecule has 1 aliphatic heterocycles. The van der Waals surface area contributed by atoms with Crippen molar-refractivity contribution >= 4 is 21.6 Å². The van der Waals surface area contributed by atoms with Crippen LogP contribution in [0, 0.1) is 0 Å². The third-order valence-corrected chi connectivity index (χ3v) is 5.25. The molecule has 1 fully saturated rings. The fraction of sp³-hybridized carbons (Fsp3) is 0.588. The van der Waals surface area contributed by atoms with Gasteiger partial charge in [-0.3, -0.25) is 9.10 Å².